The number of ether oxygens (including phenoxy) is 3. The Balaban J connectivity index is 2.82. The molecule has 1 aromatic carbocycles. The third-order valence-electron chi connectivity index (χ3n) is 3.28. The molecule has 0 aliphatic rings. The molecule has 0 saturated carbocycles. The number of hydrogen-bond acceptors (Lipinski definition) is 6. The zero-order valence-electron chi connectivity index (χ0n) is 12.9. The number of rotatable bonds is 4. The van der Waals surface area contributed by atoms with E-state index in [0.717, 1.165) is 0 Å². The number of methoxy groups -OCH3 is 3. The van der Waals surface area contributed by atoms with Crippen LogP contribution < -0.4 is 19.9 Å². The number of aromatic nitrogens is 1. The molecule has 0 saturated heterocycles. The summed E-state index contributed by atoms with van der Waals surface area (Å²) in [6, 6.07) is 7.44. The van der Waals surface area contributed by atoms with Crippen LogP contribution in [0.2, 0.25) is 0 Å². The minimum atomic E-state index is 0.189. The number of aryl methyl sites for hydroxylation is 1. The molecule has 0 aliphatic carbocycles. The lowest BCUT2D eigenvalue weighted by atomic mass is 9.98. The van der Waals surface area contributed by atoms with E-state index >= 15 is 0 Å². The third-order valence-corrected chi connectivity index (χ3v) is 3.28. The summed E-state index contributed by atoms with van der Waals surface area (Å²) >= 11 is 0. The third kappa shape index (κ3) is 2.49. The quantitative estimate of drug-likeness (QED) is 0.933. The van der Waals surface area contributed by atoms with Gasteiger partial charge in [-0.15, -0.1) is 0 Å². The van der Waals surface area contributed by atoms with Crippen LogP contribution in [0.3, 0.4) is 0 Å². The molecule has 0 unspecified atom stereocenters. The van der Waals surface area contributed by atoms with Crippen LogP contribution in [0.25, 0.3) is 11.1 Å². The van der Waals surface area contributed by atoms with Crippen molar-refractivity contribution in [1.29, 1.82) is 5.26 Å². The Morgan fingerprint density at radius 1 is 1.05 bits per heavy atom. The van der Waals surface area contributed by atoms with Crippen LogP contribution in [0, 0.1) is 18.3 Å². The lowest BCUT2D eigenvalue weighted by Gasteiger charge is -2.17. The van der Waals surface area contributed by atoms with Crippen LogP contribution in [-0.4, -0.2) is 26.3 Å². The molecule has 6 heteroatoms. The van der Waals surface area contributed by atoms with Crippen molar-refractivity contribution in [1.82, 2.24) is 4.98 Å². The van der Waals surface area contributed by atoms with Crippen LogP contribution in [0.5, 0.6) is 17.2 Å². The predicted octanol–water partition coefficient (Wildman–Crippen LogP) is 2.54. The summed E-state index contributed by atoms with van der Waals surface area (Å²) < 4.78 is 16.1. The smallest absolute Gasteiger partial charge is 0.203 e. The molecule has 0 fully saturated rings. The normalized spacial score (nSPS) is 9.95. The van der Waals surface area contributed by atoms with E-state index in [1.807, 2.05) is 6.92 Å². The predicted molar refractivity (Wildman–Crippen MR) is 83.2 cm³/mol. The topological polar surface area (TPSA) is 90.4 Å². The molecule has 1 heterocycles. The average molecular weight is 299 g/mol. The van der Waals surface area contributed by atoms with Gasteiger partial charge in [0.2, 0.25) is 5.75 Å². The molecule has 114 valence electrons. The molecule has 0 aliphatic heterocycles. The monoisotopic (exact) mass is 299 g/mol. The van der Waals surface area contributed by atoms with Gasteiger partial charge in [-0.2, -0.15) is 5.26 Å². The first-order chi connectivity index (χ1) is 10.6. The molecule has 0 bridgehead atoms. The maximum absolute atomic E-state index is 9.38. The van der Waals surface area contributed by atoms with Crippen molar-refractivity contribution in [2.75, 3.05) is 27.1 Å². The van der Waals surface area contributed by atoms with Crippen LogP contribution in [0.15, 0.2) is 18.2 Å². The number of benzene rings is 1. The van der Waals surface area contributed by atoms with Crippen LogP contribution in [-0.2, 0) is 0 Å². The largest absolute Gasteiger partial charge is 0.493 e. The molecule has 0 radical (unpaired) electrons. The van der Waals surface area contributed by atoms with E-state index in [2.05, 4.69) is 11.1 Å². The second kappa shape index (κ2) is 6.22. The first kappa shape index (κ1) is 15.4. The number of anilines is 1. The highest BCUT2D eigenvalue weighted by Crippen LogP contribution is 2.45. The van der Waals surface area contributed by atoms with Crippen LogP contribution in [0.4, 0.5) is 5.82 Å². The first-order valence-corrected chi connectivity index (χ1v) is 6.53. The van der Waals surface area contributed by atoms with Crippen molar-refractivity contribution >= 4 is 5.82 Å². The number of nitrogens with zero attached hydrogens (tertiary/aromatic N) is 2. The van der Waals surface area contributed by atoms with Gasteiger partial charge in [-0.1, -0.05) is 0 Å². The molecule has 0 atom stereocenters. The van der Waals surface area contributed by atoms with Gasteiger partial charge in [0.05, 0.1) is 21.3 Å². The summed E-state index contributed by atoms with van der Waals surface area (Å²) in [6.45, 7) is 1.81. The highest BCUT2D eigenvalue weighted by molar-refractivity contribution is 5.82. The van der Waals surface area contributed by atoms with Crippen LogP contribution in [0.1, 0.15) is 11.3 Å². The van der Waals surface area contributed by atoms with Gasteiger partial charge >= 0.3 is 0 Å². The molecule has 0 spiro atoms. The van der Waals surface area contributed by atoms with Crippen molar-refractivity contribution in [3.63, 3.8) is 0 Å². The van der Waals surface area contributed by atoms with E-state index in [0.29, 0.717) is 39.6 Å². The fourth-order valence-corrected chi connectivity index (χ4v) is 2.34. The zero-order chi connectivity index (χ0) is 16.3. The molecular weight excluding hydrogens is 282 g/mol. The number of nitrogen functional groups attached to an aromatic ring is 1. The van der Waals surface area contributed by atoms with Crippen LogP contribution >= 0.6 is 0 Å². The van der Waals surface area contributed by atoms with Gasteiger partial charge in [0, 0.05) is 16.8 Å². The van der Waals surface area contributed by atoms with Gasteiger partial charge in [0.25, 0.3) is 0 Å². The number of nitrogens with two attached hydrogens (primary N) is 1. The molecule has 0 amide bonds. The maximum atomic E-state index is 9.38. The Labute approximate surface area is 129 Å². The van der Waals surface area contributed by atoms with Crippen molar-refractivity contribution < 1.29 is 14.2 Å². The molecule has 2 aromatic rings. The summed E-state index contributed by atoms with van der Waals surface area (Å²) in [5.74, 6) is 1.66. The SMILES string of the molecule is COc1ccc(-c2cc(C)nc(N)c2C#N)c(OC)c1OC. The van der Waals surface area contributed by atoms with E-state index < -0.39 is 0 Å². The zero-order valence-corrected chi connectivity index (χ0v) is 12.9. The van der Waals surface area contributed by atoms with Gasteiger partial charge in [0.15, 0.2) is 11.5 Å². The van der Waals surface area contributed by atoms with Gasteiger partial charge in [0.1, 0.15) is 17.5 Å². The summed E-state index contributed by atoms with van der Waals surface area (Å²) in [6.07, 6.45) is 0. The number of pyridine rings is 1. The summed E-state index contributed by atoms with van der Waals surface area (Å²) in [4.78, 5) is 4.12. The second-order valence-corrected chi connectivity index (χ2v) is 4.57. The molecular formula is C16H17N3O3. The lowest BCUT2D eigenvalue weighted by molar-refractivity contribution is 0.325. The number of nitriles is 1. The van der Waals surface area contributed by atoms with Gasteiger partial charge in [-0.05, 0) is 25.1 Å². The van der Waals surface area contributed by atoms with Crippen molar-refractivity contribution in [2.24, 2.45) is 0 Å². The standard InChI is InChI=1S/C16H17N3O3/c1-9-7-11(12(8-17)16(18)19-9)10-5-6-13(20-2)15(22-4)14(10)21-3/h5-7H,1-4H3,(H2,18,19). The fraction of sp³-hybridized carbons (Fsp3) is 0.250. The Morgan fingerprint density at radius 2 is 1.73 bits per heavy atom. The van der Waals surface area contributed by atoms with E-state index in [4.69, 9.17) is 19.9 Å². The molecule has 22 heavy (non-hydrogen) atoms. The first-order valence-electron chi connectivity index (χ1n) is 6.53. The fourth-order valence-electron chi connectivity index (χ4n) is 2.34. The lowest BCUT2D eigenvalue weighted by Crippen LogP contribution is -2.02. The minimum absolute atomic E-state index is 0.189. The molecule has 6 nitrogen and oxygen atoms in total. The highest BCUT2D eigenvalue weighted by atomic mass is 16.5. The Morgan fingerprint density at radius 3 is 2.27 bits per heavy atom. The van der Waals surface area contributed by atoms with Crippen molar-refractivity contribution in [2.45, 2.75) is 6.92 Å². The van der Waals surface area contributed by atoms with Crippen molar-refractivity contribution in [3.05, 3.63) is 29.5 Å². The highest BCUT2D eigenvalue weighted by Gasteiger charge is 2.20. The molecule has 2 N–H and O–H groups in total. The second-order valence-electron chi connectivity index (χ2n) is 4.57. The summed E-state index contributed by atoms with van der Waals surface area (Å²) in [5, 5.41) is 9.38. The summed E-state index contributed by atoms with van der Waals surface area (Å²) in [5.41, 5.74) is 8.20. The Kier molecular flexibility index (Phi) is 4.37. The Bertz CT molecular complexity index is 751. The minimum Gasteiger partial charge on any atom is -0.493 e. The van der Waals surface area contributed by atoms with Gasteiger partial charge in [-0.3, -0.25) is 0 Å². The van der Waals surface area contributed by atoms with E-state index in [1.54, 1.807) is 25.3 Å². The Hall–Kier alpha value is -2.94. The van der Waals surface area contributed by atoms with E-state index in [1.165, 1.54) is 14.2 Å². The van der Waals surface area contributed by atoms with E-state index in [9.17, 15) is 5.26 Å². The number of hydrogen-bond donors (Lipinski definition) is 1. The van der Waals surface area contributed by atoms with E-state index in [-0.39, 0.29) is 5.82 Å². The maximum Gasteiger partial charge on any atom is 0.203 e. The van der Waals surface area contributed by atoms with Gasteiger partial charge < -0.3 is 19.9 Å². The molecule has 2 rings (SSSR count). The average Bonchev–Trinajstić information content (AvgIpc) is 2.52. The summed E-state index contributed by atoms with van der Waals surface area (Å²) in [7, 11) is 4.61. The van der Waals surface area contributed by atoms with Crippen molar-refractivity contribution in [3.8, 4) is 34.4 Å². The van der Waals surface area contributed by atoms with Gasteiger partial charge in [-0.25, -0.2) is 4.98 Å². The molecule has 1 aromatic heterocycles.